The second-order valence-electron chi connectivity index (χ2n) is 6.21. The summed E-state index contributed by atoms with van der Waals surface area (Å²) in [5, 5.41) is 3.18. The number of carbonyl (C=O) groups is 1. The second-order valence-corrected chi connectivity index (χ2v) is 6.21. The van der Waals surface area contributed by atoms with E-state index in [0.29, 0.717) is 11.8 Å². The summed E-state index contributed by atoms with van der Waals surface area (Å²) in [5.41, 5.74) is 7.18. The Morgan fingerprint density at radius 3 is 2.19 bits per heavy atom. The molecule has 0 radical (unpaired) electrons. The lowest BCUT2D eigenvalue weighted by Crippen LogP contribution is -2.44. The maximum atomic E-state index is 12.4. The van der Waals surface area contributed by atoms with Crippen LogP contribution in [-0.2, 0) is 4.79 Å². The van der Waals surface area contributed by atoms with Crippen LogP contribution < -0.4 is 11.1 Å². The predicted molar refractivity (Wildman–Crippen MR) is 88.8 cm³/mol. The Morgan fingerprint density at radius 1 is 1.14 bits per heavy atom. The number of benzene rings is 1. The number of rotatable bonds is 8. The molecular weight excluding hydrogens is 260 g/mol. The molecule has 0 saturated carbocycles. The van der Waals surface area contributed by atoms with Crippen LogP contribution in [0, 0.1) is 11.8 Å². The Bertz CT molecular complexity index is 412. The third-order valence-electron chi connectivity index (χ3n) is 4.04. The first-order valence-corrected chi connectivity index (χ1v) is 8.10. The minimum Gasteiger partial charge on any atom is -0.348 e. The molecule has 1 rings (SSSR count). The SMILES string of the molecule is CCC(CC)C(NC(=O)[C@@H](N)CC(C)C)c1ccccc1. The number of carbonyl (C=O) groups excluding carboxylic acids is 1. The normalized spacial score (nSPS) is 14.2. The van der Waals surface area contributed by atoms with Crippen LogP contribution in [-0.4, -0.2) is 11.9 Å². The van der Waals surface area contributed by atoms with Crippen LogP contribution in [0.4, 0.5) is 0 Å². The van der Waals surface area contributed by atoms with Crippen LogP contribution >= 0.6 is 0 Å². The zero-order valence-electron chi connectivity index (χ0n) is 13.8. The summed E-state index contributed by atoms with van der Waals surface area (Å²) >= 11 is 0. The molecule has 118 valence electrons. The molecule has 1 aromatic rings. The van der Waals surface area contributed by atoms with Crippen molar-refractivity contribution in [1.82, 2.24) is 5.32 Å². The van der Waals surface area contributed by atoms with Crippen molar-refractivity contribution in [3.63, 3.8) is 0 Å². The quantitative estimate of drug-likeness (QED) is 0.767. The summed E-state index contributed by atoms with van der Waals surface area (Å²) in [6.45, 7) is 8.51. The van der Waals surface area contributed by atoms with E-state index in [0.717, 1.165) is 24.8 Å². The van der Waals surface area contributed by atoms with Gasteiger partial charge in [0.05, 0.1) is 12.1 Å². The molecule has 0 fully saturated rings. The summed E-state index contributed by atoms with van der Waals surface area (Å²) in [6, 6.07) is 9.82. The molecule has 21 heavy (non-hydrogen) atoms. The van der Waals surface area contributed by atoms with Gasteiger partial charge < -0.3 is 11.1 Å². The first-order valence-electron chi connectivity index (χ1n) is 8.10. The summed E-state index contributed by atoms with van der Waals surface area (Å²) < 4.78 is 0. The highest BCUT2D eigenvalue weighted by Gasteiger charge is 2.25. The van der Waals surface area contributed by atoms with Crippen molar-refractivity contribution in [2.75, 3.05) is 0 Å². The smallest absolute Gasteiger partial charge is 0.237 e. The maximum Gasteiger partial charge on any atom is 0.237 e. The van der Waals surface area contributed by atoms with E-state index in [1.165, 1.54) is 0 Å². The highest BCUT2D eigenvalue weighted by molar-refractivity contribution is 5.81. The minimum atomic E-state index is -0.425. The highest BCUT2D eigenvalue weighted by atomic mass is 16.2. The van der Waals surface area contributed by atoms with Gasteiger partial charge in [-0.05, 0) is 23.8 Å². The highest BCUT2D eigenvalue weighted by Crippen LogP contribution is 2.27. The average molecular weight is 290 g/mol. The van der Waals surface area contributed by atoms with Crippen molar-refractivity contribution >= 4 is 5.91 Å². The third-order valence-corrected chi connectivity index (χ3v) is 4.04. The Morgan fingerprint density at radius 2 is 1.71 bits per heavy atom. The van der Waals surface area contributed by atoms with Crippen LogP contribution in [0.1, 0.15) is 58.6 Å². The van der Waals surface area contributed by atoms with Crippen molar-refractivity contribution in [2.24, 2.45) is 17.6 Å². The van der Waals surface area contributed by atoms with Gasteiger partial charge in [0.15, 0.2) is 0 Å². The van der Waals surface area contributed by atoms with Gasteiger partial charge >= 0.3 is 0 Å². The molecule has 0 aromatic heterocycles. The Balaban J connectivity index is 2.85. The standard InChI is InChI=1S/C18H30N2O/c1-5-14(6-2)17(15-10-8-7-9-11-15)20-18(21)16(19)12-13(3)4/h7-11,13-14,16-17H,5-6,12,19H2,1-4H3,(H,20,21)/t16-,17?/m0/s1. The van der Waals surface area contributed by atoms with E-state index in [4.69, 9.17) is 5.73 Å². The van der Waals surface area contributed by atoms with E-state index >= 15 is 0 Å². The maximum absolute atomic E-state index is 12.4. The molecule has 0 aliphatic carbocycles. The molecule has 2 atom stereocenters. The Kier molecular flexibility index (Phi) is 7.44. The lowest BCUT2D eigenvalue weighted by atomic mass is 9.88. The molecule has 0 aliphatic rings. The molecule has 0 aliphatic heterocycles. The van der Waals surface area contributed by atoms with Gasteiger partial charge in [0.1, 0.15) is 0 Å². The van der Waals surface area contributed by atoms with Gasteiger partial charge in [-0.15, -0.1) is 0 Å². The molecule has 1 aromatic carbocycles. The predicted octanol–water partition coefficient (Wildman–Crippen LogP) is 3.65. The molecule has 0 bridgehead atoms. The van der Waals surface area contributed by atoms with Gasteiger partial charge in [0.2, 0.25) is 5.91 Å². The summed E-state index contributed by atoms with van der Waals surface area (Å²) in [5.74, 6) is 0.820. The van der Waals surface area contributed by atoms with E-state index < -0.39 is 6.04 Å². The van der Waals surface area contributed by atoms with Gasteiger partial charge in [-0.2, -0.15) is 0 Å². The fourth-order valence-electron chi connectivity index (χ4n) is 2.77. The Labute approximate surface area is 129 Å². The Hall–Kier alpha value is -1.35. The average Bonchev–Trinajstić information content (AvgIpc) is 2.47. The summed E-state index contributed by atoms with van der Waals surface area (Å²) in [7, 11) is 0. The van der Waals surface area contributed by atoms with Gasteiger partial charge in [-0.3, -0.25) is 4.79 Å². The van der Waals surface area contributed by atoms with Crippen LogP contribution in [0.2, 0.25) is 0 Å². The monoisotopic (exact) mass is 290 g/mol. The molecular formula is C18H30N2O. The van der Waals surface area contributed by atoms with Crippen molar-refractivity contribution in [3.8, 4) is 0 Å². The van der Waals surface area contributed by atoms with Gasteiger partial charge in [-0.25, -0.2) is 0 Å². The summed E-state index contributed by atoms with van der Waals surface area (Å²) in [6.07, 6.45) is 2.79. The lowest BCUT2D eigenvalue weighted by molar-refractivity contribution is -0.123. The van der Waals surface area contributed by atoms with Crippen LogP contribution in [0.25, 0.3) is 0 Å². The van der Waals surface area contributed by atoms with Crippen LogP contribution in [0.5, 0.6) is 0 Å². The fraction of sp³-hybridized carbons (Fsp3) is 0.611. The first-order chi connectivity index (χ1) is 9.99. The van der Waals surface area contributed by atoms with Crippen molar-refractivity contribution < 1.29 is 4.79 Å². The molecule has 0 heterocycles. The van der Waals surface area contributed by atoms with Crippen LogP contribution in [0.3, 0.4) is 0 Å². The van der Waals surface area contributed by atoms with E-state index in [1.54, 1.807) is 0 Å². The third kappa shape index (κ3) is 5.50. The molecule has 1 amide bonds. The number of amides is 1. The minimum absolute atomic E-state index is 0.0375. The number of nitrogens with two attached hydrogens (primary N) is 1. The summed E-state index contributed by atoms with van der Waals surface area (Å²) in [4.78, 5) is 12.4. The lowest BCUT2D eigenvalue weighted by Gasteiger charge is -2.28. The molecule has 1 unspecified atom stereocenters. The van der Waals surface area contributed by atoms with Crippen molar-refractivity contribution in [1.29, 1.82) is 0 Å². The van der Waals surface area contributed by atoms with E-state index in [2.05, 4.69) is 45.1 Å². The van der Waals surface area contributed by atoms with E-state index in [1.807, 2.05) is 18.2 Å². The molecule has 0 spiro atoms. The van der Waals surface area contributed by atoms with Gasteiger partial charge in [0, 0.05) is 0 Å². The van der Waals surface area contributed by atoms with Crippen molar-refractivity contribution in [2.45, 2.75) is 59.0 Å². The molecule has 3 N–H and O–H groups in total. The zero-order valence-corrected chi connectivity index (χ0v) is 13.8. The fourth-order valence-corrected chi connectivity index (χ4v) is 2.77. The largest absolute Gasteiger partial charge is 0.348 e. The van der Waals surface area contributed by atoms with E-state index in [-0.39, 0.29) is 11.9 Å². The van der Waals surface area contributed by atoms with E-state index in [9.17, 15) is 4.79 Å². The molecule has 0 saturated heterocycles. The second kappa shape index (κ2) is 8.83. The van der Waals surface area contributed by atoms with Gasteiger partial charge in [0.25, 0.3) is 0 Å². The van der Waals surface area contributed by atoms with Crippen LogP contribution in [0.15, 0.2) is 30.3 Å². The topological polar surface area (TPSA) is 55.1 Å². The molecule has 3 nitrogen and oxygen atoms in total. The zero-order chi connectivity index (χ0) is 15.8. The molecule has 3 heteroatoms. The van der Waals surface area contributed by atoms with Gasteiger partial charge in [-0.1, -0.05) is 70.9 Å². The number of hydrogen-bond acceptors (Lipinski definition) is 2. The van der Waals surface area contributed by atoms with Crippen molar-refractivity contribution in [3.05, 3.63) is 35.9 Å². The number of hydrogen-bond donors (Lipinski definition) is 2. The number of nitrogens with one attached hydrogen (secondary N) is 1. The first kappa shape index (κ1) is 17.7.